The Morgan fingerprint density at radius 2 is 1.74 bits per heavy atom. The number of ether oxygens (including phenoxy) is 2. The molecule has 1 aromatic carbocycles. The normalized spacial score (nSPS) is 15.4. The molecule has 1 aromatic rings. The third-order valence-electron chi connectivity index (χ3n) is 3.60. The smallest absolute Gasteiger partial charge is 0.442 e. The molecule has 1 aliphatic heterocycles. The maximum Gasteiger partial charge on any atom is 0.442 e. The molecule has 0 spiro atoms. The van der Waals surface area contributed by atoms with Crippen LogP contribution in [-0.2, 0) is 10.4 Å². The summed E-state index contributed by atoms with van der Waals surface area (Å²) >= 11 is 0. The molecule has 10 heteroatoms. The zero-order valence-corrected chi connectivity index (χ0v) is 15.3. The van der Waals surface area contributed by atoms with Gasteiger partial charge in [0.25, 0.3) is 0 Å². The summed E-state index contributed by atoms with van der Waals surface area (Å²) in [7, 11) is 0. The van der Waals surface area contributed by atoms with Gasteiger partial charge in [0.15, 0.2) is 0 Å². The van der Waals surface area contributed by atoms with Crippen LogP contribution in [0, 0.1) is 0 Å². The van der Waals surface area contributed by atoms with E-state index in [4.69, 9.17) is 14.6 Å². The van der Waals surface area contributed by atoms with E-state index in [0.29, 0.717) is 5.75 Å². The number of aliphatic hydroxyl groups is 1. The molecule has 1 amide bonds. The Labute approximate surface area is 154 Å². The molecule has 0 unspecified atom stereocenters. The highest BCUT2D eigenvalue weighted by atomic mass is 19.4. The van der Waals surface area contributed by atoms with E-state index in [1.165, 1.54) is 29.2 Å². The Hall–Kier alpha value is -2.36. The number of hydrogen-bond donors (Lipinski definition) is 1. The average molecular weight is 389 g/mol. The van der Waals surface area contributed by atoms with Crippen molar-refractivity contribution in [3.8, 4) is 5.75 Å². The third-order valence-corrected chi connectivity index (χ3v) is 3.60. The summed E-state index contributed by atoms with van der Waals surface area (Å²) in [4.78, 5) is 13.3. The van der Waals surface area contributed by atoms with Gasteiger partial charge >= 0.3 is 17.9 Å². The summed E-state index contributed by atoms with van der Waals surface area (Å²) in [5.74, 6) is 0.338. The lowest BCUT2D eigenvalue weighted by molar-refractivity contribution is -0.166. The standard InChI is InChI=1S/C17H22F3N3O4/c1-15(2,3)27-14(25)23(8-10-24)9-11-26-13-6-4-12(5-7-13)16(21-22-16)17(18,19)20/h4-7,24H,8-11H2,1-3H3. The molecule has 0 saturated heterocycles. The third kappa shape index (κ3) is 5.31. The van der Waals surface area contributed by atoms with Gasteiger partial charge in [-0.2, -0.15) is 13.2 Å². The molecule has 0 fully saturated rings. The van der Waals surface area contributed by atoms with Gasteiger partial charge in [-0.25, -0.2) is 4.79 Å². The lowest BCUT2D eigenvalue weighted by atomic mass is 10.0. The number of amides is 1. The van der Waals surface area contributed by atoms with Gasteiger partial charge in [-0.1, -0.05) is 12.1 Å². The first-order valence-electron chi connectivity index (χ1n) is 8.31. The van der Waals surface area contributed by atoms with E-state index in [1.807, 2.05) is 0 Å². The van der Waals surface area contributed by atoms with E-state index in [1.54, 1.807) is 20.8 Å². The Morgan fingerprint density at radius 1 is 1.15 bits per heavy atom. The summed E-state index contributed by atoms with van der Waals surface area (Å²) in [6.45, 7) is 5.26. The van der Waals surface area contributed by atoms with Crippen LogP contribution in [0.25, 0.3) is 0 Å². The van der Waals surface area contributed by atoms with Crippen LogP contribution in [0.1, 0.15) is 26.3 Å². The Kier molecular flexibility index (Phi) is 5.98. The molecule has 27 heavy (non-hydrogen) atoms. The molecule has 2 rings (SSSR count). The number of nitrogens with zero attached hydrogens (tertiary/aromatic N) is 3. The number of carbonyl (C=O) groups is 1. The molecule has 0 aromatic heterocycles. The van der Waals surface area contributed by atoms with Gasteiger partial charge in [-0.3, -0.25) is 0 Å². The van der Waals surface area contributed by atoms with Gasteiger partial charge in [0, 0.05) is 12.1 Å². The van der Waals surface area contributed by atoms with E-state index >= 15 is 0 Å². The van der Waals surface area contributed by atoms with Crippen molar-refractivity contribution < 1.29 is 32.5 Å². The Balaban J connectivity index is 1.89. The molecular formula is C17H22F3N3O4. The molecule has 150 valence electrons. The van der Waals surface area contributed by atoms with Crippen LogP contribution < -0.4 is 4.74 Å². The van der Waals surface area contributed by atoms with Crippen LogP contribution in [0.5, 0.6) is 5.75 Å². The molecule has 0 atom stereocenters. The molecule has 0 saturated carbocycles. The maximum atomic E-state index is 13.0. The number of benzene rings is 1. The van der Waals surface area contributed by atoms with Crippen molar-refractivity contribution in [1.29, 1.82) is 0 Å². The van der Waals surface area contributed by atoms with Gasteiger partial charge in [0.1, 0.15) is 18.0 Å². The van der Waals surface area contributed by atoms with E-state index in [-0.39, 0.29) is 31.9 Å². The Bertz CT molecular complexity index is 678. The van der Waals surface area contributed by atoms with Crippen molar-refractivity contribution in [3.63, 3.8) is 0 Å². The molecule has 7 nitrogen and oxygen atoms in total. The quantitative estimate of drug-likeness (QED) is 0.774. The number of rotatable bonds is 7. The van der Waals surface area contributed by atoms with Crippen molar-refractivity contribution >= 4 is 6.09 Å². The van der Waals surface area contributed by atoms with Crippen LogP contribution in [0.4, 0.5) is 18.0 Å². The number of alkyl halides is 3. The zero-order valence-electron chi connectivity index (χ0n) is 15.3. The van der Waals surface area contributed by atoms with E-state index in [0.717, 1.165) is 0 Å². The predicted molar refractivity (Wildman–Crippen MR) is 89.4 cm³/mol. The summed E-state index contributed by atoms with van der Waals surface area (Å²) in [6, 6.07) is 5.27. The number of carbonyl (C=O) groups excluding carboxylic acids is 1. The highest BCUT2D eigenvalue weighted by Crippen LogP contribution is 2.52. The number of halogens is 3. The topological polar surface area (TPSA) is 83.7 Å². The lowest BCUT2D eigenvalue weighted by Gasteiger charge is -2.27. The average Bonchev–Trinajstić information content (AvgIpc) is 3.34. The Morgan fingerprint density at radius 3 is 2.19 bits per heavy atom. The van der Waals surface area contributed by atoms with E-state index < -0.39 is 23.5 Å². The maximum absolute atomic E-state index is 13.0. The van der Waals surface area contributed by atoms with Crippen LogP contribution in [-0.4, -0.2) is 54.2 Å². The van der Waals surface area contributed by atoms with Gasteiger partial charge in [-0.15, -0.1) is 10.2 Å². The first-order valence-corrected chi connectivity index (χ1v) is 8.31. The predicted octanol–water partition coefficient (Wildman–Crippen LogP) is 3.48. The molecule has 1 aliphatic rings. The highest BCUT2D eigenvalue weighted by molar-refractivity contribution is 5.68. The SMILES string of the molecule is CC(C)(C)OC(=O)N(CCO)CCOc1ccc(C2(C(F)(F)F)N=N2)cc1. The van der Waals surface area contributed by atoms with Crippen molar-refractivity contribution in [3.05, 3.63) is 29.8 Å². The second-order valence-corrected chi connectivity index (χ2v) is 6.93. The van der Waals surface area contributed by atoms with Crippen LogP contribution in [0.2, 0.25) is 0 Å². The van der Waals surface area contributed by atoms with E-state index in [2.05, 4.69) is 10.2 Å². The summed E-state index contributed by atoms with van der Waals surface area (Å²) in [5, 5.41) is 15.4. The largest absolute Gasteiger partial charge is 0.492 e. The number of aliphatic hydroxyl groups excluding tert-OH is 1. The monoisotopic (exact) mass is 389 g/mol. The van der Waals surface area contributed by atoms with Crippen molar-refractivity contribution in [2.75, 3.05) is 26.3 Å². The second-order valence-electron chi connectivity index (χ2n) is 6.93. The van der Waals surface area contributed by atoms with Crippen molar-refractivity contribution in [2.24, 2.45) is 10.2 Å². The molecule has 0 aliphatic carbocycles. The summed E-state index contributed by atoms with van der Waals surface area (Å²) < 4.78 is 49.6. The lowest BCUT2D eigenvalue weighted by Crippen LogP contribution is -2.40. The minimum Gasteiger partial charge on any atom is -0.492 e. The van der Waals surface area contributed by atoms with Crippen molar-refractivity contribution in [2.45, 2.75) is 38.2 Å². The molecular weight excluding hydrogens is 367 g/mol. The highest BCUT2D eigenvalue weighted by Gasteiger charge is 2.65. The fraction of sp³-hybridized carbons (Fsp3) is 0.588. The zero-order chi connectivity index (χ0) is 20.3. The first-order chi connectivity index (χ1) is 12.5. The fourth-order valence-corrected chi connectivity index (χ4v) is 2.24. The molecule has 0 bridgehead atoms. The molecule has 1 N–H and O–H groups in total. The van der Waals surface area contributed by atoms with Gasteiger partial charge in [-0.05, 0) is 32.9 Å². The van der Waals surface area contributed by atoms with Gasteiger partial charge in [0.05, 0.1) is 13.2 Å². The first kappa shape index (κ1) is 20.9. The van der Waals surface area contributed by atoms with Crippen molar-refractivity contribution in [1.82, 2.24) is 4.90 Å². The molecule has 0 radical (unpaired) electrons. The van der Waals surface area contributed by atoms with Crippen LogP contribution in [0.3, 0.4) is 0 Å². The number of hydrogen-bond acceptors (Lipinski definition) is 6. The minimum absolute atomic E-state index is 0.0777. The van der Waals surface area contributed by atoms with E-state index in [9.17, 15) is 18.0 Å². The minimum atomic E-state index is -4.58. The fourth-order valence-electron chi connectivity index (χ4n) is 2.24. The van der Waals surface area contributed by atoms with Gasteiger partial charge < -0.3 is 19.5 Å². The summed E-state index contributed by atoms with van der Waals surface area (Å²) in [6.07, 6.45) is -5.16. The van der Waals surface area contributed by atoms with Crippen LogP contribution in [0.15, 0.2) is 34.5 Å². The van der Waals surface area contributed by atoms with Crippen LogP contribution >= 0.6 is 0 Å². The van der Waals surface area contributed by atoms with Gasteiger partial charge in [0.2, 0.25) is 0 Å². The second kappa shape index (κ2) is 7.71. The molecule has 1 heterocycles. The summed E-state index contributed by atoms with van der Waals surface area (Å²) in [5.41, 5.74) is -3.22.